The number of carbonyl (C=O) groups excluding carboxylic acids is 1. The van der Waals surface area contributed by atoms with E-state index in [2.05, 4.69) is 15.3 Å². The third-order valence-electron chi connectivity index (χ3n) is 4.76. The largest absolute Gasteiger partial charge is 0.465 e. The Morgan fingerprint density at radius 2 is 2.12 bits per heavy atom. The van der Waals surface area contributed by atoms with Crippen molar-refractivity contribution >= 4 is 5.91 Å². The average molecular weight is 330 g/mol. The second-order valence-corrected chi connectivity index (χ2v) is 6.93. The molecular weight excluding hydrogens is 304 g/mol. The van der Waals surface area contributed by atoms with Crippen LogP contribution in [0.1, 0.15) is 44.3 Å². The van der Waals surface area contributed by atoms with Gasteiger partial charge in [-0.05, 0) is 64.9 Å². The summed E-state index contributed by atoms with van der Waals surface area (Å²) >= 11 is 0. The Labute approximate surface area is 142 Å². The van der Waals surface area contributed by atoms with Crippen LogP contribution in [-0.2, 0) is 10.3 Å². The first-order valence-electron chi connectivity index (χ1n) is 8.57. The fraction of sp³-hybridized carbons (Fsp3) is 0.556. The van der Waals surface area contributed by atoms with Crippen LogP contribution >= 0.6 is 0 Å². The van der Waals surface area contributed by atoms with Gasteiger partial charge in [0.15, 0.2) is 0 Å². The molecule has 0 saturated carbocycles. The minimum atomic E-state index is -0.724. The summed E-state index contributed by atoms with van der Waals surface area (Å²) in [6, 6.07) is 5.91. The molecule has 1 saturated heterocycles. The van der Waals surface area contributed by atoms with Gasteiger partial charge in [0.2, 0.25) is 5.91 Å². The van der Waals surface area contributed by atoms with E-state index in [-0.39, 0.29) is 11.9 Å². The summed E-state index contributed by atoms with van der Waals surface area (Å²) < 4.78 is 7.52. The van der Waals surface area contributed by atoms with E-state index in [0.29, 0.717) is 6.54 Å². The van der Waals surface area contributed by atoms with Crippen molar-refractivity contribution in [3.05, 3.63) is 42.1 Å². The molecule has 1 aliphatic heterocycles. The van der Waals surface area contributed by atoms with Gasteiger partial charge in [-0.3, -0.25) is 14.4 Å². The van der Waals surface area contributed by atoms with E-state index in [0.717, 1.165) is 24.6 Å². The Morgan fingerprint density at radius 3 is 2.71 bits per heavy atom. The number of rotatable bonds is 6. The molecule has 1 N–H and O–H groups in total. The van der Waals surface area contributed by atoms with E-state index < -0.39 is 5.54 Å². The number of aromatic nitrogens is 2. The quantitative estimate of drug-likeness (QED) is 0.884. The fourth-order valence-electron chi connectivity index (χ4n) is 3.20. The van der Waals surface area contributed by atoms with E-state index in [9.17, 15) is 4.79 Å². The van der Waals surface area contributed by atoms with Gasteiger partial charge >= 0.3 is 0 Å². The molecule has 130 valence electrons. The number of furan rings is 1. The first-order valence-corrected chi connectivity index (χ1v) is 8.57. The van der Waals surface area contributed by atoms with Crippen LogP contribution in [-0.4, -0.2) is 40.2 Å². The summed E-state index contributed by atoms with van der Waals surface area (Å²) in [7, 11) is 0. The Kier molecular flexibility index (Phi) is 4.76. The van der Waals surface area contributed by atoms with Gasteiger partial charge in [0.05, 0.1) is 6.04 Å². The molecule has 1 fully saturated rings. The molecule has 1 atom stereocenters. The van der Waals surface area contributed by atoms with Gasteiger partial charge in [0.25, 0.3) is 0 Å². The first-order chi connectivity index (χ1) is 11.5. The van der Waals surface area contributed by atoms with Crippen molar-refractivity contribution in [1.82, 2.24) is 20.0 Å². The second-order valence-electron chi connectivity index (χ2n) is 6.93. The number of likely N-dealkylation sites (tertiary alicyclic amines) is 1. The molecule has 2 aromatic heterocycles. The number of nitrogens with one attached hydrogen (secondary N) is 1. The topological polar surface area (TPSA) is 63.3 Å². The summed E-state index contributed by atoms with van der Waals surface area (Å²) in [4.78, 5) is 15.1. The maximum Gasteiger partial charge on any atom is 0.247 e. The van der Waals surface area contributed by atoms with Crippen molar-refractivity contribution in [3.63, 3.8) is 0 Å². The first kappa shape index (κ1) is 16.8. The lowest BCUT2D eigenvalue weighted by Gasteiger charge is -2.29. The van der Waals surface area contributed by atoms with Gasteiger partial charge in [-0.25, -0.2) is 0 Å². The van der Waals surface area contributed by atoms with Crippen LogP contribution < -0.4 is 5.32 Å². The van der Waals surface area contributed by atoms with Crippen molar-refractivity contribution in [2.24, 2.45) is 0 Å². The number of amides is 1. The normalized spacial score (nSPS) is 17.1. The highest BCUT2D eigenvalue weighted by Crippen LogP contribution is 2.26. The minimum Gasteiger partial charge on any atom is -0.465 e. The van der Waals surface area contributed by atoms with Gasteiger partial charge in [-0.2, -0.15) is 5.10 Å². The van der Waals surface area contributed by atoms with Crippen LogP contribution in [0, 0.1) is 6.92 Å². The van der Waals surface area contributed by atoms with E-state index in [1.165, 1.54) is 12.8 Å². The van der Waals surface area contributed by atoms with Crippen LogP contribution in [0.4, 0.5) is 0 Å². The standard InChI is InChI=1S/C18H26N4O2/c1-14-7-8-16(24-14)15(21-10-4-5-11-21)13-19-17(23)18(2,3)22-12-6-9-20-22/h6-9,12,15H,4-5,10-11,13H2,1-3H3,(H,19,23). The van der Waals surface area contributed by atoms with E-state index >= 15 is 0 Å². The molecule has 3 heterocycles. The molecule has 3 rings (SSSR count). The van der Waals surface area contributed by atoms with E-state index in [1.807, 2.05) is 45.2 Å². The van der Waals surface area contributed by atoms with Gasteiger partial charge in [0, 0.05) is 18.9 Å². The summed E-state index contributed by atoms with van der Waals surface area (Å²) in [6.45, 7) is 8.32. The summed E-state index contributed by atoms with van der Waals surface area (Å²) in [6.07, 6.45) is 5.90. The molecule has 1 unspecified atom stereocenters. The predicted molar refractivity (Wildman–Crippen MR) is 91.6 cm³/mol. The maximum atomic E-state index is 12.7. The molecular formula is C18H26N4O2. The van der Waals surface area contributed by atoms with Crippen molar-refractivity contribution < 1.29 is 9.21 Å². The van der Waals surface area contributed by atoms with Crippen LogP contribution in [0.5, 0.6) is 0 Å². The zero-order valence-corrected chi connectivity index (χ0v) is 14.7. The highest BCUT2D eigenvalue weighted by molar-refractivity contribution is 5.83. The van der Waals surface area contributed by atoms with Gasteiger partial charge in [0.1, 0.15) is 17.1 Å². The Balaban J connectivity index is 1.70. The van der Waals surface area contributed by atoms with Crippen LogP contribution in [0.3, 0.4) is 0 Å². The fourth-order valence-corrected chi connectivity index (χ4v) is 3.20. The molecule has 0 radical (unpaired) electrons. The van der Waals surface area contributed by atoms with Gasteiger partial charge < -0.3 is 9.73 Å². The lowest BCUT2D eigenvalue weighted by molar-refractivity contribution is -0.129. The molecule has 0 aromatic carbocycles. The predicted octanol–water partition coefficient (Wildman–Crippen LogP) is 2.47. The molecule has 6 heteroatoms. The number of aryl methyl sites for hydroxylation is 1. The van der Waals surface area contributed by atoms with Crippen LogP contribution in [0.15, 0.2) is 35.0 Å². The zero-order valence-electron chi connectivity index (χ0n) is 14.7. The molecule has 1 aliphatic rings. The summed E-state index contributed by atoms with van der Waals surface area (Å²) in [5.74, 6) is 1.78. The lowest BCUT2D eigenvalue weighted by atomic mass is 10.0. The van der Waals surface area contributed by atoms with Gasteiger partial charge in [-0.15, -0.1) is 0 Å². The summed E-state index contributed by atoms with van der Waals surface area (Å²) in [5, 5.41) is 7.30. The average Bonchev–Trinajstić information content (AvgIpc) is 3.30. The number of nitrogens with zero attached hydrogens (tertiary/aromatic N) is 3. The third-order valence-corrected chi connectivity index (χ3v) is 4.76. The molecule has 0 spiro atoms. The zero-order chi connectivity index (χ0) is 17.2. The van der Waals surface area contributed by atoms with Crippen LogP contribution in [0.25, 0.3) is 0 Å². The van der Waals surface area contributed by atoms with Gasteiger partial charge in [-0.1, -0.05) is 0 Å². The Bertz CT molecular complexity index is 669. The SMILES string of the molecule is Cc1ccc(C(CNC(=O)C(C)(C)n2cccn2)N2CCCC2)o1. The minimum absolute atomic E-state index is 0.0429. The Hall–Kier alpha value is -2.08. The molecule has 0 bridgehead atoms. The lowest BCUT2D eigenvalue weighted by Crippen LogP contribution is -2.47. The smallest absolute Gasteiger partial charge is 0.247 e. The third kappa shape index (κ3) is 3.38. The van der Waals surface area contributed by atoms with Crippen molar-refractivity contribution in [2.75, 3.05) is 19.6 Å². The molecule has 2 aromatic rings. The Morgan fingerprint density at radius 1 is 1.38 bits per heavy atom. The molecule has 24 heavy (non-hydrogen) atoms. The number of carbonyl (C=O) groups is 1. The summed E-state index contributed by atoms with van der Waals surface area (Å²) in [5.41, 5.74) is -0.724. The van der Waals surface area contributed by atoms with Crippen molar-refractivity contribution in [1.29, 1.82) is 0 Å². The van der Waals surface area contributed by atoms with Crippen LogP contribution in [0.2, 0.25) is 0 Å². The highest BCUT2D eigenvalue weighted by atomic mass is 16.3. The monoisotopic (exact) mass is 330 g/mol. The van der Waals surface area contributed by atoms with E-state index in [1.54, 1.807) is 10.9 Å². The second kappa shape index (κ2) is 6.81. The molecule has 6 nitrogen and oxygen atoms in total. The van der Waals surface area contributed by atoms with E-state index in [4.69, 9.17) is 4.42 Å². The highest BCUT2D eigenvalue weighted by Gasteiger charge is 2.32. The van der Waals surface area contributed by atoms with Crippen molar-refractivity contribution in [2.45, 2.75) is 45.2 Å². The number of hydrogen-bond acceptors (Lipinski definition) is 4. The van der Waals surface area contributed by atoms with Crippen molar-refractivity contribution in [3.8, 4) is 0 Å². The maximum absolute atomic E-state index is 12.7. The number of hydrogen-bond donors (Lipinski definition) is 1. The molecule has 0 aliphatic carbocycles. The molecule has 1 amide bonds.